The standard InChI is InChI=1S/C18H26N2/c1-14-11-15(2)18(16(3)12-14)20-10-9-19(13-20)17-7-5-4-6-8-17/h9-12,17H,4-8,13H2,1-3H3. The molecule has 1 aromatic rings. The summed E-state index contributed by atoms with van der Waals surface area (Å²) in [4.78, 5) is 4.95. The highest BCUT2D eigenvalue weighted by Crippen LogP contribution is 2.31. The highest BCUT2D eigenvalue weighted by Gasteiger charge is 2.24. The average Bonchev–Trinajstić information content (AvgIpc) is 2.88. The fourth-order valence-corrected chi connectivity index (χ4v) is 3.86. The Bertz CT molecular complexity index is 489. The van der Waals surface area contributed by atoms with Gasteiger partial charge in [-0.3, -0.25) is 0 Å². The summed E-state index contributed by atoms with van der Waals surface area (Å²) < 4.78 is 0. The second-order valence-electron chi connectivity index (χ2n) is 6.46. The van der Waals surface area contributed by atoms with Gasteiger partial charge in [0.1, 0.15) is 0 Å². The van der Waals surface area contributed by atoms with Crippen LogP contribution in [0.2, 0.25) is 0 Å². The van der Waals surface area contributed by atoms with Gasteiger partial charge in [0.15, 0.2) is 0 Å². The molecule has 1 aliphatic heterocycles. The Kier molecular flexibility index (Phi) is 3.73. The minimum atomic E-state index is 0.760. The predicted octanol–water partition coefficient (Wildman–Crippen LogP) is 4.50. The van der Waals surface area contributed by atoms with E-state index in [0.717, 1.165) is 12.7 Å². The van der Waals surface area contributed by atoms with Gasteiger partial charge in [-0.05, 0) is 44.7 Å². The van der Waals surface area contributed by atoms with Crippen molar-refractivity contribution in [2.75, 3.05) is 11.6 Å². The maximum absolute atomic E-state index is 2.54. The van der Waals surface area contributed by atoms with Gasteiger partial charge in [-0.2, -0.15) is 0 Å². The zero-order valence-corrected chi connectivity index (χ0v) is 13.0. The minimum absolute atomic E-state index is 0.760. The molecule has 2 nitrogen and oxygen atoms in total. The molecule has 1 saturated carbocycles. The average molecular weight is 270 g/mol. The first kappa shape index (κ1) is 13.5. The first-order valence-electron chi connectivity index (χ1n) is 7.94. The van der Waals surface area contributed by atoms with Gasteiger partial charge in [0, 0.05) is 24.1 Å². The van der Waals surface area contributed by atoms with Gasteiger partial charge in [-0.1, -0.05) is 37.0 Å². The van der Waals surface area contributed by atoms with Crippen LogP contribution in [0.1, 0.15) is 48.8 Å². The summed E-state index contributed by atoms with van der Waals surface area (Å²) in [6.45, 7) is 7.66. The molecule has 1 aliphatic carbocycles. The predicted molar refractivity (Wildman–Crippen MR) is 85.9 cm³/mol. The van der Waals surface area contributed by atoms with Crippen molar-refractivity contribution in [2.24, 2.45) is 0 Å². The van der Waals surface area contributed by atoms with E-state index in [1.54, 1.807) is 0 Å². The Morgan fingerprint density at radius 2 is 1.55 bits per heavy atom. The Labute approximate surface area is 123 Å². The van der Waals surface area contributed by atoms with Gasteiger partial charge in [0.05, 0.1) is 6.67 Å². The van der Waals surface area contributed by atoms with Crippen LogP contribution in [0.4, 0.5) is 5.69 Å². The molecule has 0 radical (unpaired) electrons. The Morgan fingerprint density at radius 3 is 2.20 bits per heavy atom. The van der Waals surface area contributed by atoms with E-state index in [1.165, 1.54) is 54.5 Å². The molecule has 0 amide bonds. The quantitative estimate of drug-likeness (QED) is 0.781. The third-order valence-electron chi connectivity index (χ3n) is 4.72. The van der Waals surface area contributed by atoms with Crippen molar-refractivity contribution < 1.29 is 0 Å². The van der Waals surface area contributed by atoms with Crippen LogP contribution < -0.4 is 4.90 Å². The summed E-state index contributed by atoms with van der Waals surface area (Å²) in [5.74, 6) is 0. The summed E-state index contributed by atoms with van der Waals surface area (Å²) >= 11 is 0. The number of rotatable bonds is 2. The molecule has 1 aromatic carbocycles. The molecule has 1 heterocycles. The van der Waals surface area contributed by atoms with E-state index in [9.17, 15) is 0 Å². The highest BCUT2D eigenvalue weighted by atomic mass is 15.4. The van der Waals surface area contributed by atoms with Crippen molar-refractivity contribution in [3.63, 3.8) is 0 Å². The molecule has 0 spiro atoms. The van der Waals surface area contributed by atoms with Crippen LogP contribution in [0, 0.1) is 20.8 Å². The summed E-state index contributed by atoms with van der Waals surface area (Å²) in [6.07, 6.45) is 11.5. The molecular formula is C18H26N2. The first-order valence-corrected chi connectivity index (χ1v) is 7.94. The molecule has 3 rings (SSSR count). The van der Waals surface area contributed by atoms with E-state index in [-0.39, 0.29) is 0 Å². The second-order valence-corrected chi connectivity index (χ2v) is 6.46. The smallest absolute Gasteiger partial charge is 0.0944 e. The number of nitrogens with zero attached hydrogens (tertiary/aromatic N) is 2. The lowest BCUT2D eigenvalue weighted by Crippen LogP contribution is -2.35. The number of aryl methyl sites for hydroxylation is 3. The normalized spacial score (nSPS) is 19.9. The van der Waals surface area contributed by atoms with Gasteiger partial charge < -0.3 is 9.80 Å². The van der Waals surface area contributed by atoms with Crippen molar-refractivity contribution >= 4 is 5.69 Å². The summed E-state index contributed by atoms with van der Waals surface area (Å²) in [6, 6.07) is 5.34. The third-order valence-corrected chi connectivity index (χ3v) is 4.72. The van der Waals surface area contributed by atoms with Crippen LogP contribution in [0.5, 0.6) is 0 Å². The van der Waals surface area contributed by atoms with Gasteiger partial charge >= 0.3 is 0 Å². The lowest BCUT2D eigenvalue weighted by Gasteiger charge is -2.33. The molecule has 1 fully saturated rings. The third kappa shape index (κ3) is 2.56. The Morgan fingerprint density at radius 1 is 0.900 bits per heavy atom. The summed E-state index contributed by atoms with van der Waals surface area (Å²) in [7, 11) is 0. The lowest BCUT2D eigenvalue weighted by atomic mass is 9.95. The zero-order valence-electron chi connectivity index (χ0n) is 13.0. The summed E-state index contributed by atoms with van der Waals surface area (Å²) in [5.41, 5.74) is 5.52. The van der Waals surface area contributed by atoms with Crippen LogP contribution in [-0.4, -0.2) is 17.6 Å². The molecule has 0 bridgehead atoms. The number of hydrogen-bond acceptors (Lipinski definition) is 2. The molecule has 0 aromatic heterocycles. The summed E-state index contributed by atoms with van der Waals surface area (Å²) in [5, 5.41) is 0. The molecule has 0 unspecified atom stereocenters. The van der Waals surface area contributed by atoms with Crippen LogP contribution in [-0.2, 0) is 0 Å². The minimum Gasteiger partial charge on any atom is -0.355 e. The fraction of sp³-hybridized carbons (Fsp3) is 0.556. The van der Waals surface area contributed by atoms with E-state index in [0.29, 0.717) is 0 Å². The van der Waals surface area contributed by atoms with E-state index in [1.807, 2.05) is 0 Å². The van der Waals surface area contributed by atoms with Crippen LogP contribution >= 0.6 is 0 Å². The molecule has 0 N–H and O–H groups in total. The molecule has 108 valence electrons. The zero-order chi connectivity index (χ0) is 14.1. The molecule has 2 heteroatoms. The van der Waals surface area contributed by atoms with Crippen molar-refractivity contribution in [2.45, 2.75) is 58.9 Å². The fourth-order valence-electron chi connectivity index (χ4n) is 3.86. The van der Waals surface area contributed by atoms with Gasteiger partial charge in [-0.15, -0.1) is 0 Å². The van der Waals surface area contributed by atoms with E-state index >= 15 is 0 Å². The molecule has 0 saturated heterocycles. The number of benzene rings is 1. The SMILES string of the molecule is Cc1cc(C)c(N2C=CN(C3CCCCC3)C2)c(C)c1. The van der Waals surface area contributed by atoms with Crippen LogP contribution in [0.3, 0.4) is 0 Å². The Balaban J connectivity index is 1.76. The number of anilines is 1. The van der Waals surface area contributed by atoms with Crippen molar-refractivity contribution in [1.82, 2.24) is 4.90 Å². The van der Waals surface area contributed by atoms with E-state index in [2.05, 4.69) is 55.1 Å². The molecule has 0 atom stereocenters. The van der Waals surface area contributed by atoms with E-state index < -0.39 is 0 Å². The maximum atomic E-state index is 2.54. The number of hydrogen-bond donors (Lipinski definition) is 0. The molecule has 2 aliphatic rings. The van der Waals surface area contributed by atoms with Gasteiger partial charge in [0.2, 0.25) is 0 Å². The van der Waals surface area contributed by atoms with Crippen molar-refractivity contribution in [1.29, 1.82) is 0 Å². The van der Waals surface area contributed by atoms with Gasteiger partial charge in [0.25, 0.3) is 0 Å². The second kappa shape index (κ2) is 5.51. The van der Waals surface area contributed by atoms with Crippen LogP contribution in [0.25, 0.3) is 0 Å². The van der Waals surface area contributed by atoms with Crippen molar-refractivity contribution in [3.8, 4) is 0 Å². The van der Waals surface area contributed by atoms with E-state index in [4.69, 9.17) is 0 Å². The highest BCUT2D eigenvalue weighted by molar-refractivity contribution is 5.62. The van der Waals surface area contributed by atoms with Gasteiger partial charge in [-0.25, -0.2) is 0 Å². The monoisotopic (exact) mass is 270 g/mol. The first-order chi connectivity index (χ1) is 9.65. The molecule has 20 heavy (non-hydrogen) atoms. The Hall–Kier alpha value is -1.44. The molecular weight excluding hydrogens is 244 g/mol. The van der Waals surface area contributed by atoms with Crippen LogP contribution in [0.15, 0.2) is 24.5 Å². The largest absolute Gasteiger partial charge is 0.355 e. The van der Waals surface area contributed by atoms with Crippen molar-refractivity contribution in [3.05, 3.63) is 41.2 Å². The lowest BCUT2D eigenvalue weighted by molar-refractivity contribution is 0.232. The maximum Gasteiger partial charge on any atom is 0.0944 e. The topological polar surface area (TPSA) is 6.48 Å².